The van der Waals surface area contributed by atoms with E-state index < -0.39 is 0 Å². The summed E-state index contributed by atoms with van der Waals surface area (Å²) in [6.45, 7) is 0. The van der Waals surface area contributed by atoms with Crippen LogP contribution in [0, 0.1) is 0 Å². The highest BCUT2D eigenvalue weighted by Gasteiger charge is 2.06. The Labute approximate surface area is 91.1 Å². The molecule has 0 radical (unpaired) electrons. The molecule has 0 saturated carbocycles. The van der Waals surface area contributed by atoms with Crippen molar-refractivity contribution in [2.45, 2.75) is 4.90 Å². The highest BCUT2D eigenvalue weighted by atomic mass is 35.5. The monoisotopic (exact) mass is 217 g/mol. The van der Waals surface area contributed by atoms with Gasteiger partial charge in [0, 0.05) is 4.90 Å². The van der Waals surface area contributed by atoms with Crippen LogP contribution in [0.3, 0.4) is 0 Å². The summed E-state index contributed by atoms with van der Waals surface area (Å²) in [4.78, 5) is 1.35. The molecule has 1 aromatic carbocycles. The summed E-state index contributed by atoms with van der Waals surface area (Å²) in [6.07, 6.45) is 0. The Morgan fingerprint density at radius 3 is 2.08 bits per heavy atom. The van der Waals surface area contributed by atoms with E-state index in [0.29, 0.717) is 0 Å². The van der Waals surface area contributed by atoms with E-state index in [9.17, 15) is 0 Å². The largest absolute Gasteiger partial charge is 1.00 e. The Hall–Kier alpha value is -0.180. The second kappa shape index (κ2) is 5.53. The number of nitrogens with zero attached hydrogens (tertiary/aromatic N) is 1. The molecule has 1 nitrogen and oxygen atoms in total. The van der Waals surface area contributed by atoms with Crippen molar-refractivity contribution in [2.75, 3.05) is 27.0 Å². The van der Waals surface area contributed by atoms with Crippen LogP contribution in [0.25, 0.3) is 0 Å². The first kappa shape index (κ1) is 12.8. The van der Waals surface area contributed by atoms with Crippen LogP contribution in [-0.2, 0) is 0 Å². The molecule has 1 rings (SSSR count). The fraction of sp³-hybridized carbons (Fsp3) is 0.400. The van der Waals surface area contributed by atoms with Crippen LogP contribution in [-0.4, -0.2) is 31.5 Å². The molecular formula is C10H16ClNS. The van der Waals surface area contributed by atoms with Gasteiger partial charge in [-0.15, -0.1) is 0 Å². The lowest BCUT2D eigenvalue weighted by Crippen LogP contribution is -3.00. The zero-order valence-electron chi connectivity index (χ0n) is 8.33. The van der Waals surface area contributed by atoms with Gasteiger partial charge < -0.3 is 16.9 Å². The van der Waals surface area contributed by atoms with Gasteiger partial charge in [0.2, 0.25) is 0 Å². The summed E-state index contributed by atoms with van der Waals surface area (Å²) in [5.74, 6) is 1.12. The topological polar surface area (TPSA) is 0 Å². The minimum absolute atomic E-state index is 0. The van der Waals surface area contributed by atoms with Gasteiger partial charge in [-0.1, -0.05) is 30.0 Å². The molecule has 74 valence electrons. The van der Waals surface area contributed by atoms with E-state index in [1.165, 1.54) is 4.90 Å². The van der Waals surface area contributed by atoms with Gasteiger partial charge in [0.15, 0.2) is 0 Å². The van der Waals surface area contributed by atoms with Crippen molar-refractivity contribution in [3.63, 3.8) is 0 Å². The van der Waals surface area contributed by atoms with Gasteiger partial charge >= 0.3 is 0 Å². The fourth-order valence-electron chi connectivity index (χ4n) is 0.785. The van der Waals surface area contributed by atoms with E-state index in [4.69, 9.17) is 0 Å². The zero-order valence-corrected chi connectivity index (χ0v) is 9.90. The van der Waals surface area contributed by atoms with E-state index >= 15 is 0 Å². The quantitative estimate of drug-likeness (QED) is 0.372. The molecule has 13 heavy (non-hydrogen) atoms. The van der Waals surface area contributed by atoms with Crippen molar-refractivity contribution in [1.29, 1.82) is 0 Å². The lowest BCUT2D eigenvalue weighted by molar-refractivity contribution is -0.857. The molecule has 0 amide bonds. The molecule has 0 unspecified atom stereocenters. The van der Waals surface area contributed by atoms with Gasteiger partial charge in [-0.3, -0.25) is 0 Å². The van der Waals surface area contributed by atoms with Crippen molar-refractivity contribution in [1.82, 2.24) is 0 Å². The van der Waals surface area contributed by atoms with Crippen molar-refractivity contribution in [3.8, 4) is 0 Å². The number of quaternary nitrogens is 1. The van der Waals surface area contributed by atoms with Crippen LogP contribution in [0.15, 0.2) is 35.2 Å². The van der Waals surface area contributed by atoms with Gasteiger partial charge in [0.05, 0.1) is 21.1 Å². The minimum atomic E-state index is 0. The van der Waals surface area contributed by atoms with E-state index in [1.54, 1.807) is 0 Å². The predicted octanol–water partition coefficient (Wildman–Crippen LogP) is -0.554. The van der Waals surface area contributed by atoms with Crippen LogP contribution in [0.1, 0.15) is 0 Å². The Morgan fingerprint density at radius 2 is 1.62 bits per heavy atom. The zero-order chi connectivity index (χ0) is 9.03. The first-order valence-electron chi connectivity index (χ1n) is 4.06. The number of halogens is 1. The molecule has 0 fully saturated rings. The summed E-state index contributed by atoms with van der Waals surface area (Å²) in [5, 5.41) is 0. The second-order valence-electron chi connectivity index (χ2n) is 3.88. The highest BCUT2D eigenvalue weighted by Crippen LogP contribution is 2.18. The lowest BCUT2D eigenvalue weighted by atomic mass is 10.4. The number of hydrogen-bond acceptors (Lipinski definition) is 1. The number of thioether (sulfide) groups is 1. The van der Waals surface area contributed by atoms with Gasteiger partial charge in [-0.05, 0) is 12.1 Å². The van der Waals surface area contributed by atoms with E-state index in [1.807, 2.05) is 11.8 Å². The van der Waals surface area contributed by atoms with Crippen molar-refractivity contribution in [2.24, 2.45) is 0 Å². The van der Waals surface area contributed by atoms with Crippen LogP contribution >= 0.6 is 11.8 Å². The lowest BCUT2D eigenvalue weighted by Gasteiger charge is -2.22. The van der Waals surface area contributed by atoms with Crippen LogP contribution in [0.2, 0.25) is 0 Å². The summed E-state index contributed by atoms with van der Waals surface area (Å²) >= 11 is 1.90. The third-order valence-electron chi connectivity index (χ3n) is 1.36. The number of hydrogen-bond donors (Lipinski definition) is 0. The van der Waals surface area contributed by atoms with E-state index in [0.717, 1.165) is 10.4 Å². The minimum Gasteiger partial charge on any atom is -1.00 e. The number of rotatable bonds is 3. The maximum Gasteiger partial charge on any atom is 0.129 e. The van der Waals surface area contributed by atoms with Gasteiger partial charge in [-0.2, -0.15) is 0 Å². The standard InChI is InChI=1S/C10H16NS.ClH/c1-11(2,3)9-12-10-7-5-4-6-8-10;/h4-8H,9H2,1-3H3;1H/q+1;/p-1. The van der Waals surface area contributed by atoms with Crippen molar-refractivity contribution in [3.05, 3.63) is 30.3 Å². The second-order valence-corrected chi connectivity index (χ2v) is 4.90. The molecule has 3 heteroatoms. The molecule has 0 aliphatic carbocycles. The Balaban J connectivity index is 0.00000144. The number of benzene rings is 1. The van der Waals surface area contributed by atoms with E-state index in [-0.39, 0.29) is 12.4 Å². The average Bonchev–Trinajstić information content (AvgIpc) is 2.02. The molecule has 0 aliphatic rings. The van der Waals surface area contributed by atoms with Gasteiger partial charge in [-0.25, -0.2) is 0 Å². The molecule has 0 N–H and O–H groups in total. The highest BCUT2D eigenvalue weighted by molar-refractivity contribution is 7.99. The SMILES string of the molecule is C[N+](C)(C)CSc1ccccc1.[Cl-]. The average molecular weight is 218 g/mol. The third-order valence-corrected chi connectivity index (χ3v) is 2.87. The molecular weight excluding hydrogens is 202 g/mol. The Morgan fingerprint density at radius 1 is 1.08 bits per heavy atom. The first-order chi connectivity index (χ1) is 5.58. The van der Waals surface area contributed by atoms with E-state index in [2.05, 4.69) is 51.5 Å². The summed E-state index contributed by atoms with van der Waals surface area (Å²) < 4.78 is 1.000. The van der Waals surface area contributed by atoms with Crippen molar-refractivity contribution >= 4 is 11.8 Å². The van der Waals surface area contributed by atoms with Gasteiger partial charge in [0.25, 0.3) is 0 Å². The summed E-state index contributed by atoms with van der Waals surface area (Å²) in [7, 11) is 6.61. The maximum atomic E-state index is 2.20. The molecule has 0 heterocycles. The maximum absolute atomic E-state index is 2.20. The Kier molecular flexibility index (Phi) is 5.45. The predicted molar refractivity (Wildman–Crippen MR) is 55.2 cm³/mol. The normalized spacial score (nSPS) is 10.7. The van der Waals surface area contributed by atoms with Crippen molar-refractivity contribution < 1.29 is 16.9 Å². The first-order valence-corrected chi connectivity index (χ1v) is 5.05. The van der Waals surface area contributed by atoms with Crippen LogP contribution in [0.4, 0.5) is 0 Å². The molecule has 0 aromatic heterocycles. The summed E-state index contributed by atoms with van der Waals surface area (Å²) in [5.41, 5.74) is 0. The smallest absolute Gasteiger partial charge is 0.129 e. The van der Waals surface area contributed by atoms with Gasteiger partial charge in [0.1, 0.15) is 5.88 Å². The molecule has 0 aliphatic heterocycles. The summed E-state index contributed by atoms with van der Waals surface area (Å²) in [6, 6.07) is 10.5. The Bertz CT molecular complexity index is 230. The fourth-order valence-corrected chi connectivity index (χ4v) is 1.67. The molecule has 0 saturated heterocycles. The molecule has 1 aromatic rings. The third kappa shape index (κ3) is 5.97. The molecule has 0 atom stereocenters. The molecule has 0 spiro atoms. The van der Waals surface area contributed by atoms with Crippen LogP contribution in [0.5, 0.6) is 0 Å². The molecule has 0 bridgehead atoms. The van der Waals surface area contributed by atoms with Crippen LogP contribution < -0.4 is 12.4 Å².